The predicted octanol–water partition coefficient (Wildman–Crippen LogP) is 2.83. The van der Waals surface area contributed by atoms with Crippen LogP contribution < -0.4 is 5.32 Å². The van der Waals surface area contributed by atoms with Crippen molar-refractivity contribution >= 4 is 0 Å². The Balaban J connectivity index is 2.01. The van der Waals surface area contributed by atoms with Crippen LogP contribution in [0.4, 0.5) is 0 Å². The first-order chi connectivity index (χ1) is 9.15. The van der Waals surface area contributed by atoms with E-state index in [0.29, 0.717) is 6.04 Å². The van der Waals surface area contributed by atoms with Crippen LogP contribution in [-0.4, -0.2) is 26.6 Å². The third-order valence-corrected chi connectivity index (χ3v) is 4.01. The molecule has 1 aliphatic carbocycles. The fourth-order valence-electron chi connectivity index (χ4n) is 2.93. The SMILES string of the molecule is COC(OC)C(C)NC(C)c1ccc2c(c1)CCC2. The molecular weight excluding hydrogens is 238 g/mol. The molecule has 0 aromatic heterocycles. The summed E-state index contributed by atoms with van der Waals surface area (Å²) in [5, 5.41) is 3.54. The summed E-state index contributed by atoms with van der Waals surface area (Å²) in [6, 6.07) is 7.32. The lowest BCUT2D eigenvalue weighted by molar-refractivity contribution is -0.120. The van der Waals surface area contributed by atoms with Crippen molar-refractivity contribution in [2.45, 2.75) is 51.5 Å². The van der Waals surface area contributed by atoms with Gasteiger partial charge < -0.3 is 14.8 Å². The molecule has 19 heavy (non-hydrogen) atoms. The van der Waals surface area contributed by atoms with Gasteiger partial charge in [0.05, 0.1) is 6.04 Å². The van der Waals surface area contributed by atoms with Crippen LogP contribution in [0.15, 0.2) is 18.2 Å². The van der Waals surface area contributed by atoms with Gasteiger partial charge in [-0.1, -0.05) is 18.2 Å². The van der Waals surface area contributed by atoms with Crippen molar-refractivity contribution in [2.75, 3.05) is 14.2 Å². The lowest BCUT2D eigenvalue weighted by atomic mass is 10.0. The summed E-state index contributed by atoms with van der Waals surface area (Å²) in [6.07, 6.45) is 3.55. The number of benzene rings is 1. The summed E-state index contributed by atoms with van der Waals surface area (Å²) in [7, 11) is 3.35. The molecule has 3 nitrogen and oxygen atoms in total. The maximum absolute atomic E-state index is 5.29. The van der Waals surface area contributed by atoms with Gasteiger partial charge in [-0.2, -0.15) is 0 Å². The summed E-state index contributed by atoms with van der Waals surface area (Å²) in [5.74, 6) is 0. The topological polar surface area (TPSA) is 30.5 Å². The maximum Gasteiger partial charge on any atom is 0.171 e. The van der Waals surface area contributed by atoms with E-state index in [-0.39, 0.29) is 12.3 Å². The van der Waals surface area contributed by atoms with Gasteiger partial charge in [0, 0.05) is 20.3 Å². The van der Waals surface area contributed by atoms with Crippen molar-refractivity contribution in [2.24, 2.45) is 0 Å². The number of hydrogen-bond acceptors (Lipinski definition) is 3. The van der Waals surface area contributed by atoms with Crippen LogP contribution in [0.5, 0.6) is 0 Å². The van der Waals surface area contributed by atoms with Crippen LogP contribution in [0.1, 0.15) is 43.0 Å². The van der Waals surface area contributed by atoms with E-state index in [1.807, 2.05) is 0 Å². The summed E-state index contributed by atoms with van der Waals surface area (Å²) in [5.41, 5.74) is 4.39. The summed E-state index contributed by atoms with van der Waals surface area (Å²) in [4.78, 5) is 0. The van der Waals surface area contributed by atoms with Crippen molar-refractivity contribution in [1.82, 2.24) is 5.32 Å². The van der Waals surface area contributed by atoms with Crippen molar-refractivity contribution in [3.05, 3.63) is 34.9 Å². The van der Waals surface area contributed by atoms with E-state index in [2.05, 4.69) is 37.4 Å². The summed E-state index contributed by atoms with van der Waals surface area (Å²) < 4.78 is 10.6. The van der Waals surface area contributed by atoms with Crippen molar-refractivity contribution < 1.29 is 9.47 Å². The molecule has 0 radical (unpaired) electrons. The number of ether oxygens (including phenoxy) is 2. The van der Waals surface area contributed by atoms with Crippen LogP contribution in [-0.2, 0) is 22.3 Å². The number of rotatable bonds is 6. The van der Waals surface area contributed by atoms with E-state index >= 15 is 0 Å². The second-order valence-electron chi connectivity index (χ2n) is 5.40. The Hall–Kier alpha value is -0.900. The predicted molar refractivity (Wildman–Crippen MR) is 77.3 cm³/mol. The fourth-order valence-corrected chi connectivity index (χ4v) is 2.93. The van der Waals surface area contributed by atoms with Gasteiger partial charge in [0.2, 0.25) is 0 Å². The number of aryl methyl sites for hydroxylation is 2. The second kappa shape index (κ2) is 6.51. The lowest BCUT2D eigenvalue weighted by Gasteiger charge is -2.26. The number of nitrogens with one attached hydrogen (secondary N) is 1. The number of methoxy groups -OCH3 is 2. The quantitative estimate of drug-likeness (QED) is 0.801. The Morgan fingerprint density at radius 1 is 1.05 bits per heavy atom. The Bertz CT molecular complexity index is 415. The summed E-state index contributed by atoms with van der Waals surface area (Å²) in [6.45, 7) is 4.27. The van der Waals surface area contributed by atoms with Crippen LogP contribution >= 0.6 is 0 Å². The highest BCUT2D eigenvalue weighted by Gasteiger charge is 2.19. The molecule has 1 N–H and O–H groups in total. The van der Waals surface area contributed by atoms with Crippen LogP contribution in [0, 0.1) is 0 Å². The molecule has 1 aromatic carbocycles. The molecule has 0 saturated heterocycles. The first-order valence-corrected chi connectivity index (χ1v) is 7.09. The van der Waals surface area contributed by atoms with Gasteiger partial charge in [-0.3, -0.25) is 0 Å². The Morgan fingerprint density at radius 2 is 1.74 bits per heavy atom. The Morgan fingerprint density at radius 3 is 2.42 bits per heavy atom. The molecule has 3 heteroatoms. The molecule has 2 rings (SSSR count). The summed E-state index contributed by atoms with van der Waals surface area (Å²) >= 11 is 0. The molecule has 0 saturated carbocycles. The van der Waals surface area contributed by atoms with Crippen LogP contribution in [0.3, 0.4) is 0 Å². The smallest absolute Gasteiger partial charge is 0.171 e. The molecule has 0 spiro atoms. The van der Waals surface area contributed by atoms with Crippen molar-refractivity contribution in [1.29, 1.82) is 0 Å². The number of hydrogen-bond donors (Lipinski definition) is 1. The largest absolute Gasteiger partial charge is 0.354 e. The van der Waals surface area contributed by atoms with E-state index < -0.39 is 0 Å². The molecule has 2 unspecified atom stereocenters. The normalized spacial score (nSPS) is 17.5. The fraction of sp³-hybridized carbons (Fsp3) is 0.625. The minimum absolute atomic E-state index is 0.151. The number of fused-ring (bicyclic) bond motifs is 1. The van der Waals surface area contributed by atoms with Crippen LogP contribution in [0.2, 0.25) is 0 Å². The second-order valence-corrected chi connectivity index (χ2v) is 5.40. The van der Waals surface area contributed by atoms with Gasteiger partial charge in [0.1, 0.15) is 0 Å². The Kier molecular flexibility index (Phi) is 4.97. The van der Waals surface area contributed by atoms with Gasteiger partial charge in [-0.05, 0) is 49.8 Å². The van der Waals surface area contributed by atoms with E-state index in [1.165, 1.54) is 36.0 Å². The third kappa shape index (κ3) is 3.35. The van der Waals surface area contributed by atoms with Gasteiger partial charge >= 0.3 is 0 Å². The zero-order valence-corrected chi connectivity index (χ0v) is 12.4. The Labute approximate surface area is 116 Å². The molecular formula is C16H25NO2. The van der Waals surface area contributed by atoms with Crippen LogP contribution in [0.25, 0.3) is 0 Å². The van der Waals surface area contributed by atoms with Crippen molar-refractivity contribution in [3.8, 4) is 0 Å². The molecule has 2 atom stereocenters. The van der Waals surface area contributed by atoms with E-state index in [9.17, 15) is 0 Å². The molecule has 0 fully saturated rings. The monoisotopic (exact) mass is 263 g/mol. The molecule has 106 valence electrons. The highest BCUT2D eigenvalue weighted by atomic mass is 16.7. The highest BCUT2D eigenvalue weighted by Crippen LogP contribution is 2.25. The lowest BCUT2D eigenvalue weighted by Crippen LogP contribution is -2.40. The van der Waals surface area contributed by atoms with Crippen molar-refractivity contribution in [3.63, 3.8) is 0 Å². The van der Waals surface area contributed by atoms with Gasteiger partial charge in [-0.15, -0.1) is 0 Å². The van der Waals surface area contributed by atoms with E-state index in [4.69, 9.17) is 9.47 Å². The average molecular weight is 263 g/mol. The minimum atomic E-state index is -0.211. The zero-order chi connectivity index (χ0) is 13.8. The molecule has 0 heterocycles. The molecule has 0 bridgehead atoms. The minimum Gasteiger partial charge on any atom is -0.354 e. The first kappa shape index (κ1) is 14.5. The standard InChI is InChI=1S/C16H25NO2/c1-11(17-12(2)16(18-3)19-4)14-9-8-13-6-5-7-15(13)10-14/h8-12,16-17H,5-7H2,1-4H3. The van der Waals surface area contributed by atoms with Gasteiger partial charge in [0.15, 0.2) is 6.29 Å². The molecule has 0 amide bonds. The average Bonchev–Trinajstić information content (AvgIpc) is 2.87. The molecule has 1 aromatic rings. The van der Waals surface area contributed by atoms with Gasteiger partial charge in [-0.25, -0.2) is 0 Å². The first-order valence-electron chi connectivity index (χ1n) is 7.09. The third-order valence-electron chi connectivity index (χ3n) is 4.01. The molecule has 0 aliphatic heterocycles. The molecule has 1 aliphatic rings. The van der Waals surface area contributed by atoms with E-state index in [0.717, 1.165) is 0 Å². The van der Waals surface area contributed by atoms with Gasteiger partial charge in [0.25, 0.3) is 0 Å². The van der Waals surface area contributed by atoms with E-state index in [1.54, 1.807) is 14.2 Å². The zero-order valence-electron chi connectivity index (χ0n) is 12.4. The highest BCUT2D eigenvalue weighted by molar-refractivity contribution is 5.36. The maximum atomic E-state index is 5.29.